The van der Waals surface area contributed by atoms with Gasteiger partial charge in [0, 0.05) is 36.5 Å². The third-order valence-electron chi connectivity index (χ3n) is 14.4. The highest BCUT2D eigenvalue weighted by molar-refractivity contribution is 5.90. The van der Waals surface area contributed by atoms with Gasteiger partial charge in [-0.2, -0.15) is 0 Å². The molecule has 266 valence electrons. The van der Waals surface area contributed by atoms with Gasteiger partial charge in [0.15, 0.2) is 6.29 Å². The lowest BCUT2D eigenvalue weighted by molar-refractivity contribution is -0.320. The van der Waals surface area contributed by atoms with Crippen LogP contribution in [0.15, 0.2) is 11.1 Å². The Morgan fingerprint density at radius 2 is 1.72 bits per heavy atom. The number of epoxide rings is 1. The van der Waals surface area contributed by atoms with Gasteiger partial charge in [-0.05, 0) is 49.9 Å². The molecule has 0 radical (unpaired) electrons. The van der Waals surface area contributed by atoms with Crippen molar-refractivity contribution in [3.8, 4) is 0 Å². The molecule has 7 rings (SSSR count). The molecule has 0 aromatic carbocycles. The quantitative estimate of drug-likeness (QED) is 0.0997. The van der Waals surface area contributed by atoms with Crippen molar-refractivity contribution < 1.29 is 64.6 Å². The molecule has 3 heterocycles. The highest BCUT2D eigenvalue weighted by Crippen LogP contribution is 2.75. The van der Waals surface area contributed by atoms with Gasteiger partial charge in [-0.25, -0.2) is 4.79 Å². The van der Waals surface area contributed by atoms with Gasteiger partial charge in [0.1, 0.15) is 36.1 Å². The summed E-state index contributed by atoms with van der Waals surface area (Å²) in [6.07, 6.45) is -7.06. The molecule has 0 bridgehead atoms. The minimum absolute atomic E-state index is 0.117. The minimum atomic E-state index is -1.57. The first-order chi connectivity index (χ1) is 22.1. The summed E-state index contributed by atoms with van der Waals surface area (Å²) in [6.45, 7) is 6.92. The molecule has 0 amide bonds. The zero-order valence-corrected chi connectivity index (χ0v) is 27.6. The van der Waals surface area contributed by atoms with E-state index in [1.54, 1.807) is 0 Å². The summed E-state index contributed by atoms with van der Waals surface area (Å²) >= 11 is 0. The molecule has 0 aromatic rings. The van der Waals surface area contributed by atoms with Crippen molar-refractivity contribution in [1.82, 2.24) is 0 Å². The van der Waals surface area contributed by atoms with Gasteiger partial charge in [0.2, 0.25) is 0 Å². The minimum Gasteiger partial charge on any atom is -0.458 e. The van der Waals surface area contributed by atoms with E-state index in [-0.39, 0.29) is 54.8 Å². The van der Waals surface area contributed by atoms with Gasteiger partial charge in [-0.1, -0.05) is 26.3 Å². The molecule has 0 aromatic heterocycles. The van der Waals surface area contributed by atoms with E-state index < -0.39 is 89.7 Å². The Kier molecular flexibility index (Phi) is 8.30. The fourth-order valence-electron chi connectivity index (χ4n) is 11.7. The number of hydrogen-bond acceptors (Lipinski definition) is 13. The van der Waals surface area contributed by atoms with E-state index in [0.29, 0.717) is 32.1 Å². The average molecular weight is 669 g/mol. The lowest BCUT2D eigenvalue weighted by Crippen LogP contribution is -2.68. The molecule has 4 aliphatic carbocycles. The van der Waals surface area contributed by atoms with Gasteiger partial charge >= 0.3 is 5.97 Å². The number of aliphatic hydroxyl groups excluding tert-OH is 7. The van der Waals surface area contributed by atoms with Gasteiger partial charge in [0.25, 0.3) is 0 Å². The maximum atomic E-state index is 12.8. The Hall–Kier alpha value is -1.23. The van der Waals surface area contributed by atoms with E-state index in [4.69, 9.17) is 18.9 Å². The van der Waals surface area contributed by atoms with Crippen molar-refractivity contribution in [2.75, 3.05) is 13.2 Å². The monoisotopic (exact) mass is 668 g/mol. The summed E-state index contributed by atoms with van der Waals surface area (Å²) in [6, 6.07) is 0. The van der Waals surface area contributed by atoms with E-state index >= 15 is 0 Å². The van der Waals surface area contributed by atoms with Crippen LogP contribution in [-0.4, -0.2) is 132 Å². The number of hydrogen-bond donors (Lipinski definition) is 8. The SMILES string of the molecule is CC1=C(CO)C(=O)OC([C@@H](C)C2C(O)C[C@]3(O)C4C[C@H]5O[C@]56C[C@@H](O[C@@H]5O[C@H](CO)[C@@H](O)[C@H](O)[C@H]5O)CC(O)[C@]6(C)C4CC[C@]23C)C1. The first-order valence-corrected chi connectivity index (χ1v) is 17.3. The van der Waals surface area contributed by atoms with Crippen molar-refractivity contribution in [2.24, 2.45) is 34.5 Å². The number of ether oxygens (including phenoxy) is 4. The molecule has 6 unspecified atom stereocenters. The summed E-state index contributed by atoms with van der Waals surface area (Å²) in [5, 5.41) is 86.5. The third-order valence-corrected chi connectivity index (χ3v) is 14.4. The topological polar surface area (TPSA) is 219 Å². The van der Waals surface area contributed by atoms with Crippen LogP contribution in [0.1, 0.15) is 72.6 Å². The lowest BCUT2D eigenvalue weighted by atomic mass is 9.42. The number of carbonyl (C=O) groups is 1. The summed E-state index contributed by atoms with van der Waals surface area (Å²) in [5.41, 5.74) is -2.35. The summed E-state index contributed by atoms with van der Waals surface area (Å²) in [5.74, 6) is -1.51. The van der Waals surface area contributed by atoms with E-state index in [1.165, 1.54) is 0 Å². The van der Waals surface area contributed by atoms with Crippen molar-refractivity contribution in [3.63, 3.8) is 0 Å². The maximum Gasteiger partial charge on any atom is 0.336 e. The van der Waals surface area contributed by atoms with Crippen molar-refractivity contribution in [2.45, 2.75) is 145 Å². The zero-order valence-electron chi connectivity index (χ0n) is 27.6. The summed E-state index contributed by atoms with van der Waals surface area (Å²) in [7, 11) is 0. The zero-order chi connectivity index (χ0) is 34.0. The van der Waals surface area contributed by atoms with E-state index in [2.05, 4.69) is 0 Å². The van der Waals surface area contributed by atoms with Crippen LogP contribution in [0.25, 0.3) is 0 Å². The lowest BCUT2D eigenvalue weighted by Gasteiger charge is -2.63. The fourth-order valence-corrected chi connectivity index (χ4v) is 11.7. The van der Waals surface area contributed by atoms with Crippen LogP contribution in [0.4, 0.5) is 0 Å². The van der Waals surface area contributed by atoms with Crippen LogP contribution in [0.3, 0.4) is 0 Å². The van der Waals surface area contributed by atoms with Crippen LogP contribution in [0.2, 0.25) is 0 Å². The molecule has 2 saturated heterocycles. The maximum absolute atomic E-state index is 12.8. The third kappa shape index (κ3) is 4.58. The molecule has 8 N–H and O–H groups in total. The molecule has 7 aliphatic rings. The molecular formula is C34H52O13. The molecule has 13 nitrogen and oxygen atoms in total. The standard InChI is InChI=1S/C34H52O13/c1-14-7-21(45-29(42)17(14)12-35)15(2)25-20(37)11-33(43)19-9-24-34(47-24)10-16(44-30-28(41)27(40)26(39)22(13-36)46-30)8-23(38)32(34,4)18(19)5-6-31(25,33)3/h15-16,18-28,30,35-41,43H,5-13H2,1-4H3/t15-,16+,18?,19?,20?,21?,22-,23?,24-,25?,26-,27+,28-,30-,31-,32+,33+,34-/m1/s1. The normalized spacial score (nSPS) is 56.2. The number of fused-ring (bicyclic) bond motifs is 4. The first-order valence-electron chi connectivity index (χ1n) is 17.3. The predicted molar refractivity (Wildman–Crippen MR) is 161 cm³/mol. The van der Waals surface area contributed by atoms with Crippen molar-refractivity contribution >= 4 is 5.97 Å². The molecule has 47 heavy (non-hydrogen) atoms. The molecule has 13 heteroatoms. The molecule has 18 atom stereocenters. The number of carbonyl (C=O) groups excluding carboxylic acids is 1. The Morgan fingerprint density at radius 1 is 1.00 bits per heavy atom. The van der Waals surface area contributed by atoms with E-state index in [0.717, 1.165) is 5.57 Å². The summed E-state index contributed by atoms with van der Waals surface area (Å²) < 4.78 is 24.0. The summed E-state index contributed by atoms with van der Waals surface area (Å²) in [4.78, 5) is 12.7. The Balaban J connectivity index is 1.11. The predicted octanol–water partition coefficient (Wildman–Crippen LogP) is -0.721. The van der Waals surface area contributed by atoms with Crippen molar-refractivity contribution in [1.29, 1.82) is 0 Å². The van der Waals surface area contributed by atoms with Crippen LogP contribution >= 0.6 is 0 Å². The number of rotatable bonds is 6. The largest absolute Gasteiger partial charge is 0.458 e. The van der Waals surface area contributed by atoms with Gasteiger partial charge in [-0.3, -0.25) is 0 Å². The first kappa shape index (κ1) is 34.2. The number of esters is 1. The Labute approximate surface area is 274 Å². The molecule has 4 saturated carbocycles. The van der Waals surface area contributed by atoms with Crippen LogP contribution in [-0.2, 0) is 23.7 Å². The second kappa shape index (κ2) is 11.4. The second-order valence-electron chi connectivity index (χ2n) is 16.2. The fraction of sp³-hybridized carbons (Fsp3) is 0.912. The van der Waals surface area contributed by atoms with Gasteiger partial charge in [0.05, 0.1) is 48.8 Å². The number of aliphatic hydroxyl groups is 8. The molecule has 3 aliphatic heterocycles. The molecular weight excluding hydrogens is 616 g/mol. The van der Waals surface area contributed by atoms with Gasteiger partial charge < -0.3 is 59.8 Å². The smallest absolute Gasteiger partial charge is 0.336 e. The van der Waals surface area contributed by atoms with E-state index in [1.807, 2.05) is 27.7 Å². The Morgan fingerprint density at radius 3 is 2.38 bits per heavy atom. The van der Waals surface area contributed by atoms with Crippen molar-refractivity contribution in [3.05, 3.63) is 11.1 Å². The highest BCUT2D eigenvalue weighted by Gasteiger charge is 2.81. The highest BCUT2D eigenvalue weighted by atomic mass is 16.7. The van der Waals surface area contributed by atoms with Gasteiger partial charge in [-0.15, -0.1) is 0 Å². The average Bonchev–Trinajstić information content (AvgIpc) is 3.67. The van der Waals surface area contributed by atoms with Crippen LogP contribution in [0.5, 0.6) is 0 Å². The van der Waals surface area contributed by atoms with Crippen LogP contribution in [0, 0.1) is 34.5 Å². The Bertz CT molecular complexity index is 1290. The van der Waals surface area contributed by atoms with E-state index in [9.17, 15) is 45.6 Å². The molecule has 1 spiro atoms. The molecule has 6 fully saturated rings. The second-order valence-corrected chi connectivity index (χ2v) is 16.2. The van der Waals surface area contributed by atoms with Crippen LogP contribution < -0.4 is 0 Å². The number of cyclic esters (lactones) is 1.